The Morgan fingerprint density at radius 3 is 2.23 bits per heavy atom. The van der Waals surface area contributed by atoms with E-state index in [4.69, 9.17) is 0 Å². The van der Waals surface area contributed by atoms with Gasteiger partial charge in [0.15, 0.2) is 0 Å². The van der Waals surface area contributed by atoms with E-state index >= 15 is 0 Å². The number of hydrogen-bond acceptors (Lipinski definition) is 1. The lowest BCUT2D eigenvalue weighted by atomic mass is 9.56. The minimum absolute atomic E-state index is 0.000625. The molecule has 0 bridgehead atoms. The van der Waals surface area contributed by atoms with Gasteiger partial charge in [-0.1, -0.05) is 98.8 Å². The van der Waals surface area contributed by atoms with Crippen molar-refractivity contribution in [1.82, 2.24) is 0 Å². The molecule has 0 aromatic heterocycles. The van der Waals surface area contributed by atoms with Crippen LogP contribution in [0.2, 0.25) is 0 Å². The van der Waals surface area contributed by atoms with Crippen molar-refractivity contribution in [3.8, 4) is 0 Å². The van der Waals surface area contributed by atoms with Gasteiger partial charge in [0.25, 0.3) is 0 Å². The van der Waals surface area contributed by atoms with E-state index in [0.717, 1.165) is 53.8 Å². The molecule has 0 radical (unpaired) electrons. The molecule has 0 saturated heterocycles. The number of aliphatic hydroxyl groups excluding tert-OH is 1. The Hall–Kier alpha value is -0.0400. The summed E-state index contributed by atoms with van der Waals surface area (Å²) in [4.78, 5) is 0. The first-order chi connectivity index (χ1) is 16.8. The first-order valence-electron chi connectivity index (χ1n) is 16.5. The summed E-state index contributed by atoms with van der Waals surface area (Å²) in [5.41, 5.74) is 0.484. The monoisotopic (exact) mass is 486 g/mol. The third-order valence-corrected chi connectivity index (χ3v) is 12.4. The van der Waals surface area contributed by atoms with Crippen LogP contribution in [0.5, 0.6) is 0 Å². The minimum atomic E-state index is 0.000625. The van der Waals surface area contributed by atoms with Crippen molar-refractivity contribution in [2.75, 3.05) is 0 Å². The predicted octanol–water partition coefficient (Wildman–Crippen LogP) is 10.1. The fraction of sp³-hybridized carbons (Fsp3) is 1.00. The molecular formula is C34H62O. The Bertz CT molecular complexity index is 608. The molecule has 204 valence electrons. The van der Waals surface area contributed by atoms with E-state index in [1.54, 1.807) is 0 Å². The molecule has 4 aliphatic rings. The molecule has 5 unspecified atom stereocenters. The summed E-state index contributed by atoms with van der Waals surface area (Å²) in [5, 5.41) is 10.9. The van der Waals surface area contributed by atoms with E-state index in [2.05, 4.69) is 34.6 Å². The molecule has 0 aliphatic heterocycles. The van der Waals surface area contributed by atoms with Gasteiger partial charge in [0, 0.05) is 0 Å². The van der Waals surface area contributed by atoms with Crippen LogP contribution in [-0.4, -0.2) is 11.2 Å². The van der Waals surface area contributed by atoms with Gasteiger partial charge in [-0.15, -0.1) is 0 Å². The van der Waals surface area contributed by atoms with E-state index in [0.29, 0.717) is 11.3 Å². The lowest BCUT2D eigenvalue weighted by Crippen LogP contribution is -2.40. The van der Waals surface area contributed by atoms with Crippen LogP contribution in [0.1, 0.15) is 150 Å². The maximum atomic E-state index is 10.9. The summed E-state index contributed by atoms with van der Waals surface area (Å²) in [6.07, 6.45) is 25.5. The van der Waals surface area contributed by atoms with Gasteiger partial charge in [-0.05, 0) is 110 Å². The summed E-state index contributed by atoms with van der Waals surface area (Å²) in [5.74, 6) is 7.86. The molecule has 1 N–H and O–H groups in total. The summed E-state index contributed by atoms with van der Waals surface area (Å²) >= 11 is 0. The maximum absolute atomic E-state index is 10.9. The van der Waals surface area contributed by atoms with Crippen molar-refractivity contribution < 1.29 is 5.11 Å². The Labute approximate surface area is 220 Å². The van der Waals surface area contributed by atoms with Crippen LogP contribution < -0.4 is 0 Å². The third-order valence-electron chi connectivity index (χ3n) is 12.4. The van der Waals surface area contributed by atoms with Crippen molar-refractivity contribution >= 4 is 0 Å². The van der Waals surface area contributed by atoms with E-state index < -0.39 is 0 Å². The van der Waals surface area contributed by atoms with Crippen molar-refractivity contribution in [2.45, 2.75) is 156 Å². The average molecular weight is 487 g/mol. The highest BCUT2D eigenvalue weighted by Crippen LogP contribution is 2.53. The minimum Gasteiger partial charge on any atom is -0.393 e. The molecule has 6 atom stereocenters. The molecule has 35 heavy (non-hydrogen) atoms. The molecule has 1 nitrogen and oxygen atoms in total. The third kappa shape index (κ3) is 6.89. The van der Waals surface area contributed by atoms with Crippen molar-refractivity contribution in [3.63, 3.8) is 0 Å². The number of aliphatic hydroxyl groups is 1. The Morgan fingerprint density at radius 1 is 0.857 bits per heavy atom. The van der Waals surface area contributed by atoms with E-state index in [1.165, 1.54) is 109 Å². The standard InChI is InChI=1S/C34H62O/c1-6-9-26-15-19-29(20-16-26)34(4,5)32(27-17-12-24(2)13-18-27)22-25(3)14-21-31-30-11-8-7-10-28(30)23-33(31)35/h24-33,35H,6-23H2,1-5H3/t24?,25-,26?,27?,28?,29?,30?,31?,32?,33?/m1/s1. The van der Waals surface area contributed by atoms with Gasteiger partial charge >= 0.3 is 0 Å². The molecule has 0 spiro atoms. The van der Waals surface area contributed by atoms with Crippen molar-refractivity contribution in [1.29, 1.82) is 0 Å². The Balaban J connectivity index is 1.38. The molecule has 0 amide bonds. The quantitative estimate of drug-likeness (QED) is 0.325. The zero-order chi connectivity index (χ0) is 25.0. The molecule has 4 fully saturated rings. The normalized spacial score (nSPS) is 40.3. The molecule has 4 rings (SSSR count). The fourth-order valence-corrected chi connectivity index (χ4v) is 10.00. The molecule has 0 heterocycles. The van der Waals surface area contributed by atoms with Crippen LogP contribution >= 0.6 is 0 Å². The molecule has 4 saturated carbocycles. The zero-order valence-corrected chi connectivity index (χ0v) is 24.4. The second-order valence-electron chi connectivity index (χ2n) is 15.0. The highest BCUT2D eigenvalue weighted by molar-refractivity contribution is 4.95. The van der Waals surface area contributed by atoms with E-state index in [1.807, 2.05) is 0 Å². The van der Waals surface area contributed by atoms with Gasteiger partial charge in [-0.3, -0.25) is 0 Å². The first-order valence-corrected chi connectivity index (χ1v) is 16.5. The van der Waals surface area contributed by atoms with Crippen LogP contribution in [0.25, 0.3) is 0 Å². The highest BCUT2D eigenvalue weighted by atomic mass is 16.3. The Morgan fingerprint density at radius 2 is 1.54 bits per heavy atom. The maximum Gasteiger partial charge on any atom is 0.0573 e. The summed E-state index contributed by atoms with van der Waals surface area (Å²) in [6, 6.07) is 0. The van der Waals surface area contributed by atoms with Gasteiger partial charge in [0.2, 0.25) is 0 Å². The van der Waals surface area contributed by atoms with Crippen LogP contribution in [0.15, 0.2) is 0 Å². The van der Waals surface area contributed by atoms with Crippen molar-refractivity contribution in [3.05, 3.63) is 0 Å². The van der Waals surface area contributed by atoms with E-state index in [9.17, 15) is 5.11 Å². The SMILES string of the molecule is CCCC1CCC(C(C)(C)C(C[C@H](C)CCC2C(O)CC3CCCCC32)C2CCC(C)CC2)CC1. The van der Waals surface area contributed by atoms with Gasteiger partial charge in [0.1, 0.15) is 0 Å². The smallest absolute Gasteiger partial charge is 0.0573 e. The van der Waals surface area contributed by atoms with Crippen molar-refractivity contribution in [2.24, 2.45) is 58.7 Å². The predicted molar refractivity (Wildman–Crippen MR) is 151 cm³/mol. The molecule has 0 aromatic carbocycles. The summed E-state index contributed by atoms with van der Waals surface area (Å²) < 4.78 is 0. The second kappa shape index (κ2) is 12.7. The Kier molecular flexibility index (Phi) is 10.1. The second-order valence-corrected chi connectivity index (χ2v) is 15.0. The average Bonchev–Trinajstić information content (AvgIpc) is 3.17. The summed E-state index contributed by atoms with van der Waals surface area (Å²) in [6.45, 7) is 12.8. The van der Waals surface area contributed by atoms with Gasteiger partial charge < -0.3 is 5.11 Å². The number of fused-ring (bicyclic) bond motifs is 1. The molecule has 4 aliphatic carbocycles. The number of hydrogen-bond donors (Lipinski definition) is 1. The topological polar surface area (TPSA) is 20.2 Å². The van der Waals surface area contributed by atoms with E-state index in [-0.39, 0.29) is 6.10 Å². The first kappa shape index (κ1) is 28.0. The van der Waals surface area contributed by atoms with Crippen LogP contribution in [-0.2, 0) is 0 Å². The number of rotatable bonds is 10. The fourth-order valence-electron chi connectivity index (χ4n) is 10.00. The molecular weight excluding hydrogens is 424 g/mol. The largest absolute Gasteiger partial charge is 0.393 e. The van der Waals surface area contributed by atoms with Gasteiger partial charge in [0.05, 0.1) is 6.10 Å². The lowest BCUT2D eigenvalue weighted by Gasteiger charge is -2.49. The molecule has 0 aromatic rings. The van der Waals surface area contributed by atoms with Crippen LogP contribution in [0.4, 0.5) is 0 Å². The highest BCUT2D eigenvalue weighted by Gasteiger charge is 2.45. The van der Waals surface area contributed by atoms with Crippen LogP contribution in [0.3, 0.4) is 0 Å². The van der Waals surface area contributed by atoms with Gasteiger partial charge in [-0.25, -0.2) is 0 Å². The molecule has 1 heteroatoms. The summed E-state index contributed by atoms with van der Waals surface area (Å²) in [7, 11) is 0. The van der Waals surface area contributed by atoms with Crippen LogP contribution in [0, 0.1) is 58.7 Å². The zero-order valence-electron chi connectivity index (χ0n) is 24.4. The lowest BCUT2D eigenvalue weighted by molar-refractivity contribution is 0.00421. The van der Waals surface area contributed by atoms with Gasteiger partial charge in [-0.2, -0.15) is 0 Å².